The monoisotopic (exact) mass is 260 g/mol. The SMILES string of the molecule is CC(C)CC(O)CNCC(O)CN1CCOCC1. The third kappa shape index (κ3) is 7.28. The highest BCUT2D eigenvalue weighted by atomic mass is 16.5. The molecule has 0 aromatic rings. The maximum Gasteiger partial charge on any atom is 0.0791 e. The van der Waals surface area contributed by atoms with Crippen molar-refractivity contribution in [2.45, 2.75) is 32.5 Å². The molecule has 5 nitrogen and oxygen atoms in total. The molecule has 5 heteroatoms. The zero-order chi connectivity index (χ0) is 13.4. The van der Waals surface area contributed by atoms with Crippen LogP contribution in [0.4, 0.5) is 0 Å². The molecule has 108 valence electrons. The van der Waals surface area contributed by atoms with Crippen molar-refractivity contribution in [3.8, 4) is 0 Å². The topological polar surface area (TPSA) is 65.0 Å². The molecule has 1 fully saturated rings. The molecule has 0 bridgehead atoms. The first kappa shape index (κ1) is 15.9. The van der Waals surface area contributed by atoms with Crippen LogP contribution in [0.15, 0.2) is 0 Å². The van der Waals surface area contributed by atoms with Gasteiger partial charge in [-0.25, -0.2) is 0 Å². The van der Waals surface area contributed by atoms with Crippen molar-refractivity contribution in [2.24, 2.45) is 5.92 Å². The fraction of sp³-hybridized carbons (Fsp3) is 1.00. The Morgan fingerprint density at radius 3 is 2.33 bits per heavy atom. The lowest BCUT2D eigenvalue weighted by Gasteiger charge is -2.28. The van der Waals surface area contributed by atoms with Crippen LogP contribution in [0.2, 0.25) is 0 Å². The third-order valence-corrected chi connectivity index (χ3v) is 3.08. The van der Waals surface area contributed by atoms with Gasteiger partial charge in [-0.1, -0.05) is 13.8 Å². The molecule has 0 saturated carbocycles. The van der Waals surface area contributed by atoms with E-state index in [1.165, 1.54) is 0 Å². The second kappa shape index (κ2) is 8.82. The van der Waals surface area contributed by atoms with E-state index in [0.717, 1.165) is 32.7 Å². The van der Waals surface area contributed by atoms with Gasteiger partial charge >= 0.3 is 0 Å². The van der Waals surface area contributed by atoms with E-state index in [2.05, 4.69) is 24.1 Å². The van der Waals surface area contributed by atoms with Crippen LogP contribution in [0.5, 0.6) is 0 Å². The number of nitrogens with one attached hydrogen (secondary N) is 1. The highest BCUT2D eigenvalue weighted by Crippen LogP contribution is 2.03. The molecule has 3 N–H and O–H groups in total. The van der Waals surface area contributed by atoms with Gasteiger partial charge in [0.2, 0.25) is 0 Å². The summed E-state index contributed by atoms with van der Waals surface area (Å²) in [7, 11) is 0. The largest absolute Gasteiger partial charge is 0.392 e. The van der Waals surface area contributed by atoms with Gasteiger partial charge in [0.25, 0.3) is 0 Å². The first-order valence-corrected chi connectivity index (χ1v) is 6.95. The second-order valence-electron chi connectivity index (χ2n) is 5.51. The summed E-state index contributed by atoms with van der Waals surface area (Å²) in [6.45, 7) is 9.26. The Labute approximate surface area is 110 Å². The highest BCUT2D eigenvalue weighted by Gasteiger charge is 2.15. The normalized spacial score (nSPS) is 21.2. The Morgan fingerprint density at radius 2 is 1.72 bits per heavy atom. The molecule has 0 amide bonds. The van der Waals surface area contributed by atoms with E-state index in [4.69, 9.17) is 4.74 Å². The smallest absolute Gasteiger partial charge is 0.0791 e. The molecule has 2 unspecified atom stereocenters. The zero-order valence-electron chi connectivity index (χ0n) is 11.6. The summed E-state index contributed by atoms with van der Waals surface area (Å²) < 4.78 is 5.26. The number of ether oxygens (including phenoxy) is 1. The van der Waals surface area contributed by atoms with Crippen molar-refractivity contribution in [1.82, 2.24) is 10.2 Å². The first-order valence-electron chi connectivity index (χ1n) is 6.95. The van der Waals surface area contributed by atoms with Crippen molar-refractivity contribution in [3.63, 3.8) is 0 Å². The van der Waals surface area contributed by atoms with Crippen LogP contribution < -0.4 is 5.32 Å². The predicted octanol–water partition coefficient (Wildman–Crippen LogP) is -0.324. The van der Waals surface area contributed by atoms with Gasteiger partial charge in [-0.15, -0.1) is 0 Å². The van der Waals surface area contributed by atoms with Gasteiger partial charge in [0.15, 0.2) is 0 Å². The quantitative estimate of drug-likeness (QED) is 0.558. The van der Waals surface area contributed by atoms with Crippen molar-refractivity contribution < 1.29 is 14.9 Å². The van der Waals surface area contributed by atoms with Gasteiger partial charge in [-0.05, 0) is 12.3 Å². The van der Waals surface area contributed by atoms with Gasteiger partial charge in [-0.2, -0.15) is 0 Å². The maximum absolute atomic E-state index is 9.87. The molecular weight excluding hydrogens is 232 g/mol. The van der Waals surface area contributed by atoms with Gasteiger partial charge < -0.3 is 20.3 Å². The summed E-state index contributed by atoms with van der Waals surface area (Å²) in [6.07, 6.45) is 0.0990. The third-order valence-electron chi connectivity index (χ3n) is 3.08. The minimum Gasteiger partial charge on any atom is -0.392 e. The minimum atomic E-state index is -0.380. The summed E-state index contributed by atoms with van der Waals surface area (Å²) in [5, 5.41) is 22.7. The second-order valence-corrected chi connectivity index (χ2v) is 5.51. The van der Waals surface area contributed by atoms with Crippen LogP contribution in [0.3, 0.4) is 0 Å². The van der Waals surface area contributed by atoms with Gasteiger partial charge in [-0.3, -0.25) is 4.90 Å². The lowest BCUT2D eigenvalue weighted by Crippen LogP contribution is -2.44. The lowest BCUT2D eigenvalue weighted by molar-refractivity contribution is 0.0143. The number of hydrogen-bond donors (Lipinski definition) is 3. The Kier molecular flexibility index (Phi) is 7.77. The van der Waals surface area contributed by atoms with E-state index in [0.29, 0.717) is 25.6 Å². The standard InChI is InChI=1S/C13H28N2O3/c1-11(2)7-12(16)8-14-9-13(17)10-15-3-5-18-6-4-15/h11-14,16-17H,3-10H2,1-2H3. The Morgan fingerprint density at radius 1 is 1.11 bits per heavy atom. The van der Waals surface area contributed by atoms with E-state index in [9.17, 15) is 10.2 Å². The number of hydrogen-bond acceptors (Lipinski definition) is 5. The van der Waals surface area contributed by atoms with Crippen molar-refractivity contribution >= 4 is 0 Å². The molecule has 0 spiro atoms. The highest BCUT2D eigenvalue weighted by molar-refractivity contribution is 4.70. The number of aliphatic hydroxyl groups is 2. The lowest BCUT2D eigenvalue weighted by atomic mass is 10.1. The predicted molar refractivity (Wildman–Crippen MR) is 71.6 cm³/mol. The summed E-state index contributed by atoms with van der Waals surface area (Å²) >= 11 is 0. The summed E-state index contributed by atoms with van der Waals surface area (Å²) in [5.41, 5.74) is 0. The van der Waals surface area contributed by atoms with Crippen molar-refractivity contribution in [1.29, 1.82) is 0 Å². The van der Waals surface area contributed by atoms with E-state index in [1.807, 2.05) is 0 Å². The van der Waals surface area contributed by atoms with E-state index < -0.39 is 0 Å². The Hall–Kier alpha value is -0.200. The zero-order valence-corrected chi connectivity index (χ0v) is 11.6. The number of nitrogens with zero attached hydrogens (tertiary/aromatic N) is 1. The molecule has 1 aliphatic rings. The van der Waals surface area contributed by atoms with Crippen molar-refractivity contribution in [2.75, 3.05) is 45.9 Å². The summed E-state index contributed by atoms with van der Waals surface area (Å²) in [4.78, 5) is 2.21. The average Bonchev–Trinajstić information content (AvgIpc) is 2.29. The van der Waals surface area contributed by atoms with Crippen LogP contribution in [0.1, 0.15) is 20.3 Å². The van der Waals surface area contributed by atoms with E-state index in [1.54, 1.807) is 0 Å². The molecule has 1 rings (SSSR count). The molecule has 1 saturated heterocycles. The molecule has 1 heterocycles. The van der Waals surface area contributed by atoms with Crippen molar-refractivity contribution in [3.05, 3.63) is 0 Å². The van der Waals surface area contributed by atoms with E-state index in [-0.39, 0.29) is 12.2 Å². The molecule has 0 radical (unpaired) electrons. The van der Waals surface area contributed by atoms with Crippen LogP contribution in [0.25, 0.3) is 0 Å². The molecule has 0 aromatic heterocycles. The minimum absolute atomic E-state index is 0.319. The van der Waals surface area contributed by atoms with Crippen LogP contribution in [-0.2, 0) is 4.74 Å². The van der Waals surface area contributed by atoms with Crippen LogP contribution in [0, 0.1) is 5.92 Å². The Balaban J connectivity index is 2.03. The van der Waals surface area contributed by atoms with Crippen LogP contribution >= 0.6 is 0 Å². The number of rotatable bonds is 8. The molecule has 2 atom stereocenters. The first-order chi connectivity index (χ1) is 8.58. The average molecular weight is 260 g/mol. The summed E-state index contributed by atoms with van der Waals surface area (Å²) in [5.74, 6) is 0.500. The van der Waals surface area contributed by atoms with Crippen LogP contribution in [-0.4, -0.2) is 73.3 Å². The number of β-amino-alcohol motifs (C(OH)–C–C–N with tert-alkyl or cyclic N) is 1. The van der Waals surface area contributed by atoms with Gasteiger partial charge in [0.1, 0.15) is 0 Å². The molecule has 0 aliphatic carbocycles. The fourth-order valence-corrected chi connectivity index (χ4v) is 2.19. The molecular formula is C13H28N2O3. The van der Waals surface area contributed by atoms with Gasteiger partial charge in [0.05, 0.1) is 25.4 Å². The molecule has 0 aromatic carbocycles. The Bertz CT molecular complexity index is 208. The van der Waals surface area contributed by atoms with Gasteiger partial charge in [0, 0.05) is 32.7 Å². The fourth-order valence-electron chi connectivity index (χ4n) is 2.19. The maximum atomic E-state index is 9.87. The number of aliphatic hydroxyl groups excluding tert-OH is 2. The molecule has 18 heavy (non-hydrogen) atoms. The summed E-state index contributed by atoms with van der Waals surface area (Å²) in [6, 6.07) is 0. The number of morpholine rings is 1. The molecule has 1 aliphatic heterocycles. The van der Waals surface area contributed by atoms with E-state index >= 15 is 0 Å².